The second kappa shape index (κ2) is 10.1. The molecule has 8 nitrogen and oxygen atoms in total. The number of anilines is 2. The molecule has 3 aromatic rings. The summed E-state index contributed by atoms with van der Waals surface area (Å²) in [7, 11) is 4.56. The van der Waals surface area contributed by atoms with Crippen LogP contribution in [0.2, 0.25) is 0 Å². The summed E-state index contributed by atoms with van der Waals surface area (Å²) >= 11 is 1.39. The molecule has 0 aliphatic heterocycles. The van der Waals surface area contributed by atoms with Crippen molar-refractivity contribution in [1.29, 1.82) is 0 Å². The molecular formula is C22H25N3O5S. The molecule has 1 aromatic heterocycles. The SMILES string of the molecule is CCCC(=O)Nc1nc2ccc(CC(=O)Nc3cc(OC)c(OC)c(OC)c3)cc2s1. The zero-order valence-corrected chi connectivity index (χ0v) is 18.7. The summed E-state index contributed by atoms with van der Waals surface area (Å²) in [5, 5.41) is 6.23. The number of aromatic nitrogens is 1. The highest BCUT2D eigenvalue weighted by Crippen LogP contribution is 2.40. The van der Waals surface area contributed by atoms with E-state index in [4.69, 9.17) is 14.2 Å². The van der Waals surface area contributed by atoms with Crippen LogP contribution < -0.4 is 24.8 Å². The lowest BCUT2D eigenvalue weighted by atomic mass is 10.1. The number of methoxy groups -OCH3 is 3. The van der Waals surface area contributed by atoms with Gasteiger partial charge in [0.2, 0.25) is 17.6 Å². The molecule has 0 fully saturated rings. The number of fused-ring (bicyclic) bond motifs is 1. The third-order valence-electron chi connectivity index (χ3n) is 4.49. The number of thiazole rings is 1. The van der Waals surface area contributed by atoms with Gasteiger partial charge in [0.15, 0.2) is 16.6 Å². The fourth-order valence-corrected chi connectivity index (χ4v) is 4.03. The molecule has 2 amide bonds. The van der Waals surface area contributed by atoms with Gasteiger partial charge < -0.3 is 24.8 Å². The monoisotopic (exact) mass is 443 g/mol. The van der Waals surface area contributed by atoms with Gasteiger partial charge in [0.05, 0.1) is 38.0 Å². The van der Waals surface area contributed by atoms with Crippen LogP contribution in [0.25, 0.3) is 10.2 Å². The van der Waals surface area contributed by atoms with Crippen molar-refractivity contribution in [3.63, 3.8) is 0 Å². The number of rotatable bonds is 9. The summed E-state index contributed by atoms with van der Waals surface area (Å²) in [5.41, 5.74) is 2.16. The molecule has 164 valence electrons. The molecule has 0 radical (unpaired) electrons. The van der Waals surface area contributed by atoms with Gasteiger partial charge in [-0.15, -0.1) is 0 Å². The Morgan fingerprint density at radius 1 is 0.968 bits per heavy atom. The molecule has 1 heterocycles. The highest BCUT2D eigenvalue weighted by atomic mass is 32.1. The van der Waals surface area contributed by atoms with Gasteiger partial charge >= 0.3 is 0 Å². The molecule has 0 aliphatic rings. The Morgan fingerprint density at radius 2 is 1.68 bits per heavy atom. The van der Waals surface area contributed by atoms with E-state index in [1.807, 2.05) is 25.1 Å². The average Bonchev–Trinajstić information content (AvgIpc) is 3.14. The van der Waals surface area contributed by atoms with E-state index in [1.54, 1.807) is 12.1 Å². The zero-order valence-electron chi connectivity index (χ0n) is 17.9. The van der Waals surface area contributed by atoms with E-state index in [2.05, 4.69) is 15.6 Å². The van der Waals surface area contributed by atoms with Crippen LogP contribution in [0.3, 0.4) is 0 Å². The summed E-state index contributed by atoms with van der Waals surface area (Å²) in [5.74, 6) is 1.14. The summed E-state index contributed by atoms with van der Waals surface area (Å²) in [6, 6.07) is 8.98. The van der Waals surface area contributed by atoms with Crippen molar-refractivity contribution in [3.8, 4) is 17.2 Å². The maximum absolute atomic E-state index is 12.6. The Bertz CT molecular complexity index is 1070. The first kappa shape index (κ1) is 22.4. The number of amides is 2. The molecule has 2 N–H and O–H groups in total. The third kappa shape index (κ3) is 5.43. The minimum Gasteiger partial charge on any atom is -0.493 e. The number of ether oxygens (including phenoxy) is 3. The molecule has 0 atom stereocenters. The van der Waals surface area contributed by atoms with Gasteiger partial charge in [-0.3, -0.25) is 9.59 Å². The molecule has 0 saturated heterocycles. The van der Waals surface area contributed by atoms with Crippen LogP contribution in [0, 0.1) is 0 Å². The van der Waals surface area contributed by atoms with Gasteiger partial charge in [-0.25, -0.2) is 4.98 Å². The highest BCUT2D eigenvalue weighted by Gasteiger charge is 2.15. The fourth-order valence-electron chi connectivity index (χ4n) is 3.09. The first-order valence-electron chi connectivity index (χ1n) is 9.76. The Kier molecular flexibility index (Phi) is 7.30. The number of nitrogens with one attached hydrogen (secondary N) is 2. The van der Waals surface area contributed by atoms with E-state index < -0.39 is 0 Å². The standard InChI is InChI=1S/C22H25N3O5S/c1-5-6-19(26)25-22-24-15-8-7-13(9-18(15)31-22)10-20(27)23-14-11-16(28-2)21(30-4)17(12-14)29-3/h7-9,11-12H,5-6,10H2,1-4H3,(H,23,27)(H,24,25,26). The Morgan fingerprint density at radius 3 is 2.29 bits per heavy atom. The van der Waals surface area contributed by atoms with E-state index in [1.165, 1.54) is 32.7 Å². The topological polar surface area (TPSA) is 98.8 Å². The van der Waals surface area contributed by atoms with Crippen molar-refractivity contribution in [2.24, 2.45) is 0 Å². The lowest BCUT2D eigenvalue weighted by Gasteiger charge is -2.14. The lowest BCUT2D eigenvalue weighted by Crippen LogP contribution is -2.14. The summed E-state index contributed by atoms with van der Waals surface area (Å²) < 4.78 is 16.8. The van der Waals surface area contributed by atoms with Gasteiger partial charge in [-0.1, -0.05) is 24.3 Å². The number of carbonyl (C=O) groups excluding carboxylic acids is 2. The van der Waals surface area contributed by atoms with Crippen molar-refractivity contribution in [1.82, 2.24) is 4.98 Å². The predicted molar refractivity (Wildman–Crippen MR) is 122 cm³/mol. The van der Waals surface area contributed by atoms with E-state index in [0.29, 0.717) is 34.5 Å². The fraction of sp³-hybridized carbons (Fsp3) is 0.318. The minimum absolute atomic E-state index is 0.0495. The Balaban J connectivity index is 1.72. The molecule has 2 aromatic carbocycles. The van der Waals surface area contributed by atoms with E-state index >= 15 is 0 Å². The van der Waals surface area contributed by atoms with Gasteiger partial charge in [0, 0.05) is 24.2 Å². The van der Waals surface area contributed by atoms with Crippen LogP contribution in [-0.4, -0.2) is 38.1 Å². The average molecular weight is 444 g/mol. The number of carbonyl (C=O) groups is 2. The normalized spacial score (nSPS) is 10.6. The molecule has 0 spiro atoms. The van der Waals surface area contributed by atoms with Gasteiger partial charge in [0.25, 0.3) is 0 Å². The van der Waals surface area contributed by atoms with Crippen LogP contribution in [0.15, 0.2) is 30.3 Å². The van der Waals surface area contributed by atoms with Crippen molar-refractivity contribution in [2.75, 3.05) is 32.0 Å². The first-order valence-corrected chi connectivity index (χ1v) is 10.6. The van der Waals surface area contributed by atoms with Crippen molar-refractivity contribution >= 4 is 44.2 Å². The number of hydrogen-bond donors (Lipinski definition) is 2. The van der Waals surface area contributed by atoms with Gasteiger partial charge in [0.1, 0.15) is 0 Å². The zero-order chi connectivity index (χ0) is 22.4. The Hall–Kier alpha value is -3.33. The molecule has 0 unspecified atom stereocenters. The van der Waals surface area contributed by atoms with Crippen LogP contribution in [0.4, 0.5) is 10.8 Å². The van der Waals surface area contributed by atoms with Crippen LogP contribution in [0.1, 0.15) is 25.3 Å². The summed E-state index contributed by atoms with van der Waals surface area (Å²) in [4.78, 5) is 28.8. The number of hydrogen-bond acceptors (Lipinski definition) is 7. The van der Waals surface area contributed by atoms with Gasteiger partial charge in [-0.2, -0.15) is 0 Å². The van der Waals surface area contributed by atoms with Crippen LogP contribution >= 0.6 is 11.3 Å². The molecule has 3 rings (SSSR count). The van der Waals surface area contributed by atoms with Crippen LogP contribution in [0.5, 0.6) is 17.2 Å². The summed E-state index contributed by atoms with van der Waals surface area (Å²) in [6.07, 6.45) is 1.42. The smallest absolute Gasteiger partial charge is 0.228 e. The lowest BCUT2D eigenvalue weighted by molar-refractivity contribution is -0.116. The van der Waals surface area contributed by atoms with E-state index in [-0.39, 0.29) is 18.2 Å². The Labute approximate surface area is 184 Å². The van der Waals surface area contributed by atoms with E-state index in [0.717, 1.165) is 22.2 Å². The molecule has 0 bridgehead atoms. The van der Waals surface area contributed by atoms with Crippen LogP contribution in [-0.2, 0) is 16.0 Å². The minimum atomic E-state index is -0.186. The maximum Gasteiger partial charge on any atom is 0.228 e. The number of nitrogens with zero attached hydrogens (tertiary/aromatic N) is 1. The molecular weight excluding hydrogens is 418 g/mol. The molecule has 0 aliphatic carbocycles. The number of benzene rings is 2. The highest BCUT2D eigenvalue weighted by molar-refractivity contribution is 7.22. The largest absolute Gasteiger partial charge is 0.493 e. The molecule has 31 heavy (non-hydrogen) atoms. The predicted octanol–water partition coefficient (Wildman–Crippen LogP) is 4.24. The van der Waals surface area contributed by atoms with Crippen molar-refractivity contribution in [2.45, 2.75) is 26.2 Å². The van der Waals surface area contributed by atoms with E-state index in [9.17, 15) is 9.59 Å². The van der Waals surface area contributed by atoms with Crippen molar-refractivity contribution < 1.29 is 23.8 Å². The summed E-state index contributed by atoms with van der Waals surface area (Å²) in [6.45, 7) is 1.95. The second-order valence-corrected chi connectivity index (χ2v) is 7.79. The van der Waals surface area contributed by atoms with Gasteiger partial charge in [-0.05, 0) is 24.1 Å². The third-order valence-corrected chi connectivity index (χ3v) is 5.42. The molecule has 0 saturated carbocycles. The molecule has 9 heteroatoms. The first-order chi connectivity index (χ1) is 15.0. The quantitative estimate of drug-likeness (QED) is 0.513. The van der Waals surface area contributed by atoms with Crippen molar-refractivity contribution in [3.05, 3.63) is 35.9 Å². The second-order valence-electron chi connectivity index (χ2n) is 6.76. The maximum atomic E-state index is 12.6.